The van der Waals surface area contributed by atoms with Gasteiger partial charge in [-0.3, -0.25) is 0 Å². The van der Waals surface area contributed by atoms with Gasteiger partial charge in [0.1, 0.15) is 16.8 Å². The molecule has 0 aliphatic carbocycles. The van der Waals surface area contributed by atoms with Crippen molar-refractivity contribution in [1.29, 1.82) is 0 Å². The van der Waals surface area contributed by atoms with E-state index in [0.717, 1.165) is 30.3 Å². The van der Waals surface area contributed by atoms with E-state index in [-0.39, 0.29) is 5.41 Å². The molecule has 1 aromatic heterocycles. The van der Waals surface area contributed by atoms with Crippen LogP contribution in [0.1, 0.15) is 52.9 Å². The van der Waals surface area contributed by atoms with Crippen molar-refractivity contribution < 1.29 is 0 Å². The standard InChI is InChI=1S/C15H26ClN3/c1-8-19(9-10(2)3)13-11(4)12(16)17-14(18-13)15(5,6)7/h10H,8-9H2,1-7H3. The zero-order chi connectivity index (χ0) is 14.8. The van der Waals surface area contributed by atoms with Gasteiger partial charge >= 0.3 is 0 Å². The Morgan fingerprint density at radius 1 is 1.21 bits per heavy atom. The predicted octanol–water partition coefficient (Wildman–Crippen LogP) is 4.22. The van der Waals surface area contributed by atoms with Gasteiger partial charge in [-0.25, -0.2) is 9.97 Å². The van der Waals surface area contributed by atoms with Crippen molar-refractivity contribution in [2.45, 2.75) is 53.9 Å². The molecular weight excluding hydrogens is 258 g/mol. The van der Waals surface area contributed by atoms with Crippen molar-refractivity contribution in [2.75, 3.05) is 18.0 Å². The van der Waals surface area contributed by atoms with Gasteiger partial charge in [0.05, 0.1) is 0 Å². The van der Waals surface area contributed by atoms with Crippen molar-refractivity contribution in [2.24, 2.45) is 5.92 Å². The number of aromatic nitrogens is 2. The van der Waals surface area contributed by atoms with Crippen LogP contribution in [0.3, 0.4) is 0 Å². The summed E-state index contributed by atoms with van der Waals surface area (Å²) in [5, 5.41) is 0.567. The summed E-state index contributed by atoms with van der Waals surface area (Å²) >= 11 is 6.28. The highest BCUT2D eigenvalue weighted by atomic mass is 35.5. The number of anilines is 1. The molecule has 0 fully saturated rings. The van der Waals surface area contributed by atoms with Crippen molar-refractivity contribution in [3.8, 4) is 0 Å². The Morgan fingerprint density at radius 2 is 1.79 bits per heavy atom. The average Bonchev–Trinajstić information content (AvgIpc) is 2.28. The molecule has 0 radical (unpaired) electrons. The molecule has 0 saturated carbocycles. The van der Waals surface area contributed by atoms with Gasteiger partial charge in [-0.2, -0.15) is 0 Å². The smallest absolute Gasteiger partial charge is 0.137 e. The largest absolute Gasteiger partial charge is 0.356 e. The number of hydrogen-bond donors (Lipinski definition) is 0. The number of halogens is 1. The zero-order valence-corrected chi connectivity index (χ0v) is 14.0. The van der Waals surface area contributed by atoms with Gasteiger partial charge in [0.2, 0.25) is 0 Å². The van der Waals surface area contributed by atoms with Gasteiger partial charge in [0.15, 0.2) is 0 Å². The molecule has 0 atom stereocenters. The van der Waals surface area contributed by atoms with Crippen LogP contribution in [-0.2, 0) is 5.41 Å². The molecule has 108 valence electrons. The van der Waals surface area contributed by atoms with Crippen LogP contribution in [0.5, 0.6) is 0 Å². The Kier molecular flexibility index (Phi) is 5.19. The molecule has 0 N–H and O–H groups in total. The van der Waals surface area contributed by atoms with Crippen molar-refractivity contribution >= 4 is 17.4 Å². The maximum atomic E-state index is 6.28. The first kappa shape index (κ1) is 16.2. The third-order valence-corrected chi connectivity index (χ3v) is 3.37. The van der Waals surface area contributed by atoms with Crippen LogP contribution in [0.4, 0.5) is 5.82 Å². The van der Waals surface area contributed by atoms with Crippen LogP contribution in [0, 0.1) is 12.8 Å². The summed E-state index contributed by atoms with van der Waals surface area (Å²) in [7, 11) is 0. The first-order valence-electron chi connectivity index (χ1n) is 6.96. The third kappa shape index (κ3) is 4.07. The predicted molar refractivity (Wildman–Crippen MR) is 83.2 cm³/mol. The molecule has 0 spiro atoms. The second-order valence-electron chi connectivity index (χ2n) is 6.47. The summed E-state index contributed by atoms with van der Waals surface area (Å²) in [6.45, 7) is 16.8. The number of rotatable bonds is 4. The molecule has 0 unspecified atom stereocenters. The molecule has 0 aromatic carbocycles. The summed E-state index contributed by atoms with van der Waals surface area (Å²) in [4.78, 5) is 11.5. The molecule has 1 heterocycles. The van der Waals surface area contributed by atoms with Crippen LogP contribution in [-0.4, -0.2) is 23.1 Å². The van der Waals surface area contributed by atoms with Gasteiger partial charge in [-0.05, 0) is 19.8 Å². The Hall–Kier alpha value is -0.830. The topological polar surface area (TPSA) is 29.0 Å². The molecular formula is C15H26ClN3. The van der Waals surface area contributed by atoms with E-state index in [9.17, 15) is 0 Å². The Balaban J connectivity index is 3.28. The van der Waals surface area contributed by atoms with Crippen LogP contribution < -0.4 is 4.90 Å². The van der Waals surface area contributed by atoms with Crippen LogP contribution in [0.25, 0.3) is 0 Å². The lowest BCUT2D eigenvalue weighted by Gasteiger charge is -2.28. The molecule has 0 aliphatic rings. The lowest BCUT2D eigenvalue weighted by Crippen LogP contribution is -2.30. The summed E-state index contributed by atoms with van der Waals surface area (Å²) in [5.74, 6) is 2.37. The maximum absolute atomic E-state index is 6.28. The molecule has 4 heteroatoms. The minimum Gasteiger partial charge on any atom is -0.356 e. The van der Waals surface area contributed by atoms with Gasteiger partial charge in [0.25, 0.3) is 0 Å². The lowest BCUT2D eigenvalue weighted by molar-refractivity contribution is 0.540. The van der Waals surface area contributed by atoms with Gasteiger partial charge in [-0.15, -0.1) is 0 Å². The van der Waals surface area contributed by atoms with Gasteiger partial charge < -0.3 is 4.90 Å². The quantitative estimate of drug-likeness (QED) is 0.775. The van der Waals surface area contributed by atoms with E-state index in [1.807, 2.05) is 6.92 Å². The molecule has 1 aromatic rings. The fourth-order valence-corrected chi connectivity index (χ4v) is 2.09. The average molecular weight is 284 g/mol. The van der Waals surface area contributed by atoms with E-state index in [0.29, 0.717) is 11.1 Å². The number of nitrogens with zero attached hydrogens (tertiary/aromatic N) is 3. The van der Waals surface area contributed by atoms with Gasteiger partial charge in [-0.1, -0.05) is 46.2 Å². The van der Waals surface area contributed by atoms with Crippen molar-refractivity contribution in [3.05, 3.63) is 16.5 Å². The van der Waals surface area contributed by atoms with E-state index < -0.39 is 0 Å². The fraction of sp³-hybridized carbons (Fsp3) is 0.733. The molecule has 0 bridgehead atoms. The summed E-state index contributed by atoms with van der Waals surface area (Å²) in [6, 6.07) is 0. The van der Waals surface area contributed by atoms with Crippen LogP contribution in [0.15, 0.2) is 0 Å². The summed E-state index contributed by atoms with van der Waals surface area (Å²) in [6.07, 6.45) is 0. The highest BCUT2D eigenvalue weighted by molar-refractivity contribution is 6.30. The van der Waals surface area contributed by atoms with E-state index >= 15 is 0 Å². The Bertz CT molecular complexity index is 436. The van der Waals surface area contributed by atoms with Crippen LogP contribution >= 0.6 is 11.6 Å². The Morgan fingerprint density at radius 3 is 2.21 bits per heavy atom. The third-order valence-electron chi connectivity index (χ3n) is 3.00. The highest BCUT2D eigenvalue weighted by Gasteiger charge is 2.22. The monoisotopic (exact) mass is 283 g/mol. The van der Waals surface area contributed by atoms with Crippen LogP contribution in [0.2, 0.25) is 5.15 Å². The second-order valence-corrected chi connectivity index (χ2v) is 6.83. The van der Waals surface area contributed by atoms with E-state index in [2.05, 4.69) is 51.4 Å². The molecule has 0 amide bonds. The molecule has 1 rings (SSSR count). The van der Waals surface area contributed by atoms with E-state index in [4.69, 9.17) is 16.6 Å². The normalized spacial score (nSPS) is 12.1. The fourth-order valence-electron chi connectivity index (χ4n) is 1.93. The summed E-state index contributed by atoms with van der Waals surface area (Å²) < 4.78 is 0. The SMILES string of the molecule is CCN(CC(C)C)c1nc(C(C)(C)C)nc(Cl)c1C. The molecule has 19 heavy (non-hydrogen) atoms. The minimum absolute atomic E-state index is 0.0939. The number of hydrogen-bond acceptors (Lipinski definition) is 3. The second kappa shape index (κ2) is 6.08. The molecule has 3 nitrogen and oxygen atoms in total. The minimum atomic E-state index is -0.0939. The lowest BCUT2D eigenvalue weighted by atomic mass is 9.95. The summed E-state index contributed by atoms with van der Waals surface area (Å²) in [5.41, 5.74) is 0.876. The zero-order valence-electron chi connectivity index (χ0n) is 13.2. The highest BCUT2D eigenvalue weighted by Crippen LogP contribution is 2.28. The van der Waals surface area contributed by atoms with Crippen molar-refractivity contribution in [1.82, 2.24) is 9.97 Å². The van der Waals surface area contributed by atoms with E-state index in [1.165, 1.54) is 0 Å². The molecule has 0 saturated heterocycles. The van der Waals surface area contributed by atoms with E-state index in [1.54, 1.807) is 0 Å². The van der Waals surface area contributed by atoms with Gasteiger partial charge in [0, 0.05) is 24.1 Å². The van der Waals surface area contributed by atoms with Crippen molar-refractivity contribution in [3.63, 3.8) is 0 Å². The first-order chi connectivity index (χ1) is 8.66. The molecule has 0 aliphatic heterocycles. The maximum Gasteiger partial charge on any atom is 0.137 e. The first-order valence-corrected chi connectivity index (χ1v) is 7.34. The Labute approximate surface area is 122 Å².